The van der Waals surface area contributed by atoms with E-state index in [1.54, 1.807) is 12.4 Å². The first-order chi connectivity index (χ1) is 10.2. The molecule has 2 atom stereocenters. The van der Waals surface area contributed by atoms with E-state index in [4.69, 9.17) is 0 Å². The fourth-order valence-corrected chi connectivity index (χ4v) is 2.69. The quantitative estimate of drug-likeness (QED) is 0.904. The zero-order valence-corrected chi connectivity index (χ0v) is 12.0. The minimum atomic E-state index is -0.163. The number of pyridine rings is 1. The zero-order chi connectivity index (χ0) is 14.7. The molecule has 4 heteroatoms. The second kappa shape index (κ2) is 6.06. The van der Waals surface area contributed by atoms with Gasteiger partial charge in [-0.05, 0) is 42.2 Å². The van der Waals surface area contributed by atoms with Crippen LogP contribution in [0.3, 0.4) is 0 Å². The molecule has 0 aliphatic carbocycles. The second-order valence-electron chi connectivity index (χ2n) is 5.42. The average molecular weight is 281 g/mol. The summed E-state index contributed by atoms with van der Waals surface area (Å²) in [4.78, 5) is 16.4. The Balaban J connectivity index is 1.65. The maximum atomic E-state index is 12.4. The van der Waals surface area contributed by atoms with E-state index in [9.17, 15) is 4.79 Å². The Labute approximate surface area is 124 Å². The van der Waals surface area contributed by atoms with Crippen LogP contribution in [0.25, 0.3) is 0 Å². The number of carbonyl (C=O) groups excluding carboxylic acids is 1. The Hall–Kier alpha value is -2.20. The highest BCUT2D eigenvalue weighted by Crippen LogP contribution is 2.17. The number of nitrogens with zero attached hydrogens (tertiary/aromatic N) is 1. The zero-order valence-electron chi connectivity index (χ0n) is 12.0. The van der Waals surface area contributed by atoms with Crippen molar-refractivity contribution in [3.05, 3.63) is 65.5 Å². The standard InChI is InChI=1S/C17H19N3O/c1-12(13-6-8-18-9-7-13)20-17(21)16-10-14-4-2-3-5-15(14)11-19-16/h2-9,12,16,19H,10-11H2,1H3,(H,20,21)/t12-,16-/m0/s1. The van der Waals surface area contributed by atoms with Crippen LogP contribution in [0, 0.1) is 0 Å². The van der Waals surface area contributed by atoms with E-state index in [0.29, 0.717) is 0 Å². The molecule has 3 rings (SSSR count). The highest BCUT2D eigenvalue weighted by molar-refractivity contribution is 5.82. The van der Waals surface area contributed by atoms with Crippen LogP contribution in [-0.4, -0.2) is 16.9 Å². The number of amides is 1. The fourth-order valence-electron chi connectivity index (χ4n) is 2.69. The molecular formula is C17H19N3O. The van der Waals surface area contributed by atoms with Gasteiger partial charge in [0.15, 0.2) is 0 Å². The first-order valence-electron chi connectivity index (χ1n) is 7.24. The Bertz CT molecular complexity index is 627. The fraction of sp³-hybridized carbons (Fsp3) is 0.294. The number of rotatable bonds is 3. The summed E-state index contributed by atoms with van der Waals surface area (Å²) < 4.78 is 0. The van der Waals surface area contributed by atoms with Crippen LogP contribution in [0.1, 0.15) is 29.7 Å². The molecule has 21 heavy (non-hydrogen) atoms. The van der Waals surface area contributed by atoms with Gasteiger partial charge in [0.05, 0.1) is 12.1 Å². The molecular weight excluding hydrogens is 262 g/mol. The molecule has 1 aromatic carbocycles. The SMILES string of the molecule is C[C@H](NC(=O)[C@@H]1Cc2ccccc2CN1)c1ccncc1. The molecule has 0 saturated carbocycles. The molecule has 1 amide bonds. The van der Waals surface area contributed by atoms with Crippen LogP contribution in [-0.2, 0) is 17.8 Å². The lowest BCUT2D eigenvalue weighted by molar-refractivity contribution is -0.124. The predicted octanol–water partition coefficient (Wildman–Crippen LogP) is 1.97. The van der Waals surface area contributed by atoms with Crippen molar-refractivity contribution < 1.29 is 4.79 Å². The van der Waals surface area contributed by atoms with E-state index in [-0.39, 0.29) is 18.0 Å². The van der Waals surface area contributed by atoms with Gasteiger partial charge in [0, 0.05) is 18.9 Å². The van der Waals surface area contributed by atoms with Gasteiger partial charge in [0.2, 0.25) is 5.91 Å². The van der Waals surface area contributed by atoms with Gasteiger partial charge in [0.1, 0.15) is 0 Å². The average Bonchev–Trinajstić information content (AvgIpc) is 2.55. The van der Waals surface area contributed by atoms with Crippen molar-refractivity contribution in [2.24, 2.45) is 0 Å². The Morgan fingerprint density at radius 3 is 2.71 bits per heavy atom. The van der Waals surface area contributed by atoms with Crippen molar-refractivity contribution in [2.45, 2.75) is 32.0 Å². The molecule has 4 nitrogen and oxygen atoms in total. The summed E-state index contributed by atoms with van der Waals surface area (Å²) in [5.41, 5.74) is 3.60. The summed E-state index contributed by atoms with van der Waals surface area (Å²) >= 11 is 0. The van der Waals surface area contributed by atoms with E-state index in [1.807, 2.05) is 31.2 Å². The Morgan fingerprint density at radius 1 is 1.24 bits per heavy atom. The summed E-state index contributed by atoms with van der Waals surface area (Å²) in [6.45, 7) is 2.74. The lowest BCUT2D eigenvalue weighted by Gasteiger charge is -2.26. The van der Waals surface area contributed by atoms with Gasteiger partial charge >= 0.3 is 0 Å². The third-order valence-electron chi connectivity index (χ3n) is 3.96. The summed E-state index contributed by atoms with van der Waals surface area (Å²) in [6, 6.07) is 11.9. The van der Waals surface area contributed by atoms with Crippen molar-refractivity contribution in [2.75, 3.05) is 0 Å². The minimum absolute atomic E-state index is 0.0144. The van der Waals surface area contributed by atoms with Crippen LogP contribution >= 0.6 is 0 Å². The molecule has 0 spiro atoms. The second-order valence-corrected chi connectivity index (χ2v) is 5.42. The van der Waals surface area contributed by atoms with Gasteiger partial charge in [0.25, 0.3) is 0 Å². The molecule has 0 fully saturated rings. The number of hydrogen-bond acceptors (Lipinski definition) is 3. The van der Waals surface area contributed by atoms with Gasteiger partial charge in [-0.2, -0.15) is 0 Å². The molecule has 1 aromatic heterocycles. The van der Waals surface area contributed by atoms with E-state index in [2.05, 4.69) is 27.8 Å². The lowest BCUT2D eigenvalue weighted by atomic mass is 9.95. The smallest absolute Gasteiger partial charge is 0.237 e. The van der Waals surface area contributed by atoms with Gasteiger partial charge in [-0.3, -0.25) is 9.78 Å². The summed E-state index contributed by atoms with van der Waals surface area (Å²) in [5.74, 6) is 0.0498. The van der Waals surface area contributed by atoms with Gasteiger partial charge in [-0.25, -0.2) is 0 Å². The van der Waals surface area contributed by atoms with Crippen molar-refractivity contribution in [1.82, 2.24) is 15.6 Å². The highest BCUT2D eigenvalue weighted by atomic mass is 16.2. The number of nitrogens with one attached hydrogen (secondary N) is 2. The van der Waals surface area contributed by atoms with E-state index < -0.39 is 0 Å². The number of benzene rings is 1. The first kappa shape index (κ1) is 13.8. The molecule has 2 heterocycles. The van der Waals surface area contributed by atoms with Crippen LogP contribution < -0.4 is 10.6 Å². The minimum Gasteiger partial charge on any atom is -0.348 e. The van der Waals surface area contributed by atoms with E-state index in [1.165, 1.54) is 11.1 Å². The third kappa shape index (κ3) is 3.11. The summed E-state index contributed by atoms with van der Waals surface area (Å²) in [5, 5.41) is 6.37. The Kier molecular flexibility index (Phi) is 3.97. The summed E-state index contributed by atoms with van der Waals surface area (Å²) in [6.07, 6.45) is 4.23. The number of carbonyl (C=O) groups is 1. The van der Waals surface area contributed by atoms with Crippen molar-refractivity contribution in [3.8, 4) is 0 Å². The molecule has 2 N–H and O–H groups in total. The number of fused-ring (bicyclic) bond motifs is 1. The first-order valence-corrected chi connectivity index (χ1v) is 7.24. The van der Waals surface area contributed by atoms with Gasteiger partial charge in [-0.15, -0.1) is 0 Å². The topological polar surface area (TPSA) is 54.0 Å². The maximum Gasteiger partial charge on any atom is 0.237 e. The molecule has 1 aliphatic rings. The lowest BCUT2D eigenvalue weighted by Crippen LogP contribution is -2.48. The normalized spacial score (nSPS) is 18.6. The van der Waals surface area contributed by atoms with Crippen molar-refractivity contribution in [3.63, 3.8) is 0 Å². The Morgan fingerprint density at radius 2 is 1.95 bits per heavy atom. The predicted molar refractivity (Wildman–Crippen MR) is 81.6 cm³/mol. The van der Waals surface area contributed by atoms with Crippen molar-refractivity contribution in [1.29, 1.82) is 0 Å². The van der Waals surface area contributed by atoms with Crippen LogP contribution in [0.2, 0.25) is 0 Å². The van der Waals surface area contributed by atoms with Crippen LogP contribution in [0.4, 0.5) is 0 Å². The van der Waals surface area contributed by atoms with Crippen LogP contribution in [0.5, 0.6) is 0 Å². The van der Waals surface area contributed by atoms with Crippen molar-refractivity contribution >= 4 is 5.91 Å². The van der Waals surface area contributed by atoms with Gasteiger partial charge < -0.3 is 10.6 Å². The van der Waals surface area contributed by atoms with Gasteiger partial charge in [-0.1, -0.05) is 24.3 Å². The van der Waals surface area contributed by atoms with Crippen LogP contribution in [0.15, 0.2) is 48.8 Å². The molecule has 108 valence electrons. The largest absolute Gasteiger partial charge is 0.348 e. The maximum absolute atomic E-state index is 12.4. The number of hydrogen-bond donors (Lipinski definition) is 2. The molecule has 2 aromatic rings. The van der Waals surface area contributed by atoms with E-state index >= 15 is 0 Å². The molecule has 1 aliphatic heterocycles. The molecule has 0 radical (unpaired) electrons. The monoisotopic (exact) mass is 281 g/mol. The molecule has 0 saturated heterocycles. The molecule has 0 bridgehead atoms. The highest BCUT2D eigenvalue weighted by Gasteiger charge is 2.24. The van der Waals surface area contributed by atoms with E-state index in [0.717, 1.165) is 18.5 Å². The third-order valence-corrected chi connectivity index (χ3v) is 3.96. The summed E-state index contributed by atoms with van der Waals surface area (Å²) in [7, 11) is 0. The molecule has 0 unspecified atom stereocenters. The number of aromatic nitrogens is 1.